The monoisotopic (exact) mass is 246 g/mol. The maximum atomic E-state index is 12.3. The maximum Gasteiger partial charge on any atom is 0.230 e. The van der Waals surface area contributed by atoms with Crippen molar-refractivity contribution in [3.63, 3.8) is 0 Å². The minimum Gasteiger partial charge on any atom is -0.348 e. The minimum absolute atomic E-state index is 0.0247. The van der Waals surface area contributed by atoms with Gasteiger partial charge in [0.2, 0.25) is 5.91 Å². The van der Waals surface area contributed by atoms with Crippen LogP contribution in [0.3, 0.4) is 0 Å². The highest BCUT2D eigenvalue weighted by molar-refractivity contribution is 5.93. The highest BCUT2D eigenvalue weighted by Gasteiger charge is 2.35. The summed E-state index contributed by atoms with van der Waals surface area (Å²) in [5.74, 6) is 0.866. The quantitative estimate of drug-likeness (QED) is 0.826. The average Bonchev–Trinajstić information content (AvgIpc) is 2.92. The molecule has 0 unspecified atom stereocenters. The SMILES string of the molecule is CN(C(=O)C1CCC(N)(C#N)CC1)c1ccc[nH]1. The number of nitriles is 1. The van der Waals surface area contributed by atoms with Gasteiger partial charge in [-0.1, -0.05) is 0 Å². The number of hydrogen-bond acceptors (Lipinski definition) is 3. The van der Waals surface area contributed by atoms with Crippen molar-refractivity contribution < 1.29 is 4.79 Å². The van der Waals surface area contributed by atoms with E-state index in [0.717, 1.165) is 5.82 Å². The van der Waals surface area contributed by atoms with Crippen molar-refractivity contribution in [3.8, 4) is 6.07 Å². The van der Waals surface area contributed by atoms with Crippen LogP contribution < -0.4 is 10.6 Å². The number of aromatic nitrogens is 1. The van der Waals surface area contributed by atoms with E-state index in [4.69, 9.17) is 11.0 Å². The third-order valence-electron chi connectivity index (χ3n) is 3.72. The van der Waals surface area contributed by atoms with Crippen LogP contribution in [0.15, 0.2) is 18.3 Å². The zero-order valence-corrected chi connectivity index (χ0v) is 10.5. The first-order chi connectivity index (χ1) is 8.56. The van der Waals surface area contributed by atoms with Gasteiger partial charge in [0.05, 0.1) is 6.07 Å². The number of H-pyrrole nitrogens is 1. The van der Waals surface area contributed by atoms with Crippen LogP contribution in [-0.4, -0.2) is 23.5 Å². The van der Waals surface area contributed by atoms with E-state index in [1.165, 1.54) is 0 Å². The molecule has 1 aliphatic carbocycles. The Labute approximate surface area is 107 Å². The van der Waals surface area contributed by atoms with E-state index < -0.39 is 5.54 Å². The molecule has 0 saturated heterocycles. The lowest BCUT2D eigenvalue weighted by molar-refractivity contribution is -0.123. The summed E-state index contributed by atoms with van der Waals surface area (Å²) in [4.78, 5) is 16.9. The van der Waals surface area contributed by atoms with Gasteiger partial charge >= 0.3 is 0 Å². The molecular weight excluding hydrogens is 228 g/mol. The van der Waals surface area contributed by atoms with Crippen LogP contribution in [0.25, 0.3) is 0 Å². The molecule has 1 aromatic rings. The fourth-order valence-electron chi connectivity index (χ4n) is 2.41. The van der Waals surface area contributed by atoms with Gasteiger partial charge in [0.15, 0.2) is 0 Å². The standard InChI is InChI=1S/C13H18N4O/c1-17(11-3-2-8-16-11)12(18)10-4-6-13(15,9-14)7-5-10/h2-3,8,10,16H,4-7,15H2,1H3. The van der Waals surface area contributed by atoms with Crippen molar-refractivity contribution >= 4 is 11.7 Å². The summed E-state index contributed by atoms with van der Waals surface area (Å²) < 4.78 is 0. The maximum absolute atomic E-state index is 12.3. The third-order valence-corrected chi connectivity index (χ3v) is 3.72. The van der Waals surface area contributed by atoms with Crippen LogP contribution in [0.2, 0.25) is 0 Å². The highest BCUT2D eigenvalue weighted by Crippen LogP contribution is 2.31. The highest BCUT2D eigenvalue weighted by atomic mass is 16.2. The Morgan fingerprint density at radius 3 is 2.78 bits per heavy atom. The number of aromatic amines is 1. The molecule has 2 rings (SSSR count). The second-order valence-corrected chi connectivity index (χ2v) is 4.99. The fraction of sp³-hybridized carbons (Fsp3) is 0.538. The Morgan fingerprint density at radius 2 is 2.28 bits per heavy atom. The first-order valence-corrected chi connectivity index (χ1v) is 6.17. The molecular formula is C13H18N4O. The van der Waals surface area contributed by atoms with Crippen LogP contribution in [0.1, 0.15) is 25.7 Å². The van der Waals surface area contributed by atoms with Gasteiger partial charge in [-0.15, -0.1) is 0 Å². The molecule has 96 valence electrons. The van der Waals surface area contributed by atoms with Crippen molar-refractivity contribution in [2.75, 3.05) is 11.9 Å². The fourth-order valence-corrected chi connectivity index (χ4v) is 2.41. The van der Waals surface area contributed by atoms with Crippen molar-refractivity contribution in [1.82, 2.24) is 4.98 Å². The van der Waals surface area contributed by atoms with Crippen molar-refractivity contribution in [1.29, 1.82) is 5.26 Å². The Hall–Kier alpha value is -1.80. The van der Waals surface area contributed by atoms with E-state index in [-0.39, 0.29) is 11.8 Å². The first-order valence-electron chi connectivity index (χ1n) is 6.17. The molecule has 5 nitrogen and oxygen atoms in total. The summed E-state index contributed by atoms with van der Waals surface area (Å²) in [5, 5.41) is 8.96. The van der Waals surface area contributed by atoms with Crippen molar-refractivity contribution in [3.05, 3.63) is 18.3 Å². The number of carbonyl (C=O) groups excluding carboxylic acids is 1. The summed E-state index contributed by atoms with van der Waals surface area (Å²) in [7, 11) is 1.77. The van der Waals surface area contributed by atoms with Gasteiger partial charge < -0.3 is 15.6 Å². The van der Waals surface area contributed by atoms with E-state index in [2.05, 4.69) is 11.1 Å². The smallest absolute Gasteiger partial charge is 0.230 e. The lowest BCUT2D eigenvalue weighted by atomic mass is 9.77. The predicted molar refractivity (Wildman–Crippen MR) is 68.7 cm³/mol. The van der Waals surface area contributed by atoms with Crippen LogP contribution in [0.4, 0.5) is 5.82 Å². The number of nitrogens with two attached hydrogens (primary N) is 1. The molecule has 1 fully saturated rings. The van der Waals surface area contributed by atoms with Gasteiger partial charge in [0.25, 0.3) is 0 Å². The van der Waals surface area contributed by atoms with Crippen molar-refractivity contribution in [2.24, 2.45) is 11.7 Å². The van der Waals surface area contributed by atoms with Gasteiger partial charge in [-0.25, -0.2) is 0 Å². The molecule has 5 heteroatoms. The number of anilines is 1. The number of amides is 1. The predicted octanol–water partition coefficient (Wildman–Crippen LogP) is 1.39. The molecule has 1 aliphatic rings. The van der Waals surface area contributed by atoms with Gasteiger partial charge in [-0.05, 0) is 37.8 Å². The number of nitrogens with zero attached hydrogens (tertiary/aromatic N) is 2. The molecule has 0 atom stereocenters. The summed E-state index contributed by atoms with van der Waals surface area (Å²) in [6, 6.07) is 5.87. The molecule has 0 radical (unpaired) electrons. The summed E-state index contributed by atoms with van der Waals surface area (Å²) in [5.41, 5.74) is 5.16. The van der Waals surface area contributed by atoms with Crippen molar-refractivity contribution in [2.45, 2.75) is 31.2 Å². The van der Waals surface area contributed by atoms with Crippen LogP contribution in [-0.2, 0) is 4.79 Å². The molecule has 1 heterocycles. The van der Waals surface area contributed by atoms with Gasteiger partial charge in [-0.3, -0.25) is 4.79 Å². The van der Waals surface area contributed by atoms with E-state index in [0.29, 0.717) is 25.7 Å². The Bertz CT molecular complexity index is 452. The van der Waals surface area contributed by atoms with E-state index in [1.807, 2.05) is 12.1 Å². The van der Waals surface area contributed by atoms with Crippen LogP contribution in [0.5, 0.6) is 0 Å². The van der Waals surface area contributed by atoms with E-state index in [1.54, 1.807) is 18.1 Å². The van der Waals surface area contributed by atoms with Gasteiger partial charge in [-0.2, -0.15) is 5.26 Å². The Morgan fingerprint density at radius 1 is 1.61 bits per heavy atom. The lowest BCUT2D eigenvalue weighted by Gasteiger charge is -2.32. The molecule has 3 N–H and O–H groups in total. The van der Waals surface area contributed by atoms with E-state index >= 15 is 0 Å². The number of nitrogens with one attached hydrogen (secondary N) is 1. The molecule has 0 spiro atoms. The molecule has 1 saturated carbocycles. The minimum atomic E-state index is -0.734. The second kappa shape index (κ2) is 4.83. The molecule has 1 aromatic heterocycles. The summed E-state index contributed by atoms with van der Waals surface area (Å²) >= 11 is 0. The zero-order chi connectivity index (χ0) is 13.2. The largest absolute Gasteiger partial charge is 0.348 e. The normalized spacial score (nSPS) is 27.5. The Balaban J connectivity index is 1.98. The van der Waals surface area contributed by atoms with Crippen LogP contribution in [0, 0.1) is 17.2 Å². The second-order valence-electron chi connectivity index (χ2n) is 4.99. The number of hydrogen-bond donors (Lipinski definition) is 2. The molecule has 0 bridgehead atoms. The molecule has 1 amide bonds. The first kappa shape index (κ1) is 12.7. The third kappa shape index (κ3) is 2.39. The van der Waals surface area contributed by atoms with E-state index in [9.17, 15) is 4.79 Å². The van der Waals surface area contributed by atoms with Gasteiger partial charge in [0, 0.05) is 19.2 Å². The topological polar surface area (TPSA) is 85.9 Å². The lowest BCUT2D eigenvalue weighted by Crippen LogP contribution is -2.45. The summed E-state index contributed by atoms with van der Waals surface area (Å²) in [6.07, 6.45) is 4.36. The molecule has 18 heavy (non-hydrogen) atoms. The number of carbonyl (C=O) groups is 1. The van der Waals surface area contributed by atoms with Gasteiger partial charge in [0.1, 0.15) is 11.4 Å². The zero-order valence-electron chi connectivity index (χ0n) is 10.5. The molecule has 0 aromatic carbocycles. The Kier molecular flexibility index (Phi) is 3.39. The number of rotatable bonds is 2. The molecule has 0 aliphatic heterocycles. The van der Waals surface area contributed by atoms with Crippen LogP contribution >= 0.6 is 0 Å². The summed E-state index contributed by atoms with van der Waals surface area (Å²) in [6.45, 7) is 0. The average molecular weight is 246 g/mol.